The van der Waals surface area contributed by atoms with Gasteiger partial charge in [-0.3, -0.25) is 4.79 Å². The van der Waals surface area contributed by atoms with E-state index in [2.05, 4.69) is 31.4 Å². The average molecular weight is 413 g/mol. The third-order valence-electron chi connectivity index (χ3n) is 3.45. The Morgan fingerprint density at radius 2 is 2.30 bits per heavy atom. The van der Waals surface area contributed by atoms with Crippen LogP contribution in [0.15, 0.2) is 33.1 Å². The monoisotopic (exact) mass is 412 g/mol. The lowest BCUT2D eigenvalue weighted by atomic mass is 10.3. The maximum Gasteiger partial charge on any atom is 0.222 e. The molecule has 0 aliphatic carbocycles. The van der Waals surface area contributed by atoms with Crippen molar-refractivity contribution in [3.8, 4) is 0 Å². The van der Waals surface area contributed by atoms with Gasteiger partial charge in [-0.25, -0.2) is 0 Å². The van der Waals surface area contributed by atoms with Gasteiger partial charge in [0.05, 0.1) is 0 Å². The second-order valence-corrected chi connectivity index (χ2v) is 8.43. The molecule has 0 radical (unpaired) electrons. The molecule has 1 aromatic carbocycles. The molecule has 0 saturated carbocycles. The molecule has 1 amide bonds. The first-order valence-electron chi connectivity index (χ1n) is 7.47. The van der Waals surface area contributed by atoms with Crippen molar-refractivity contribution < 1.29 is 4.79 Å². The van der Waals surface area contributed by atoms with Crippen LogP contribution in [0.1, 0.15) is 19.3 Å². The number of halogens is 1. The van der Waals surface area contributed by atoms with Crippen molar-refractivity contribution in [1.82, 2.24) is 15.1 Å². The maximum absolute atomic E-state index is 11.5. The van der Waals surface area contributed by atoms with E-state index in [1.807, 2.05) is 29.2 Å². The van der Waals surface area contributed by atoms with Gasteiger partial charge in [-0.05, 0) is 31.0 Å². The fourth-order valence-electron chi connectivity index (χ4n) is 2.36. The highest BCUT2D eigenvalue weighted by Gasteiger charge is 2.19. The standard InChI is InChI=1S/C15H17BrN4OS2/c16-11-4-1-5-12(10-11)17-14-18-19-15(23-14)22-9-3-8-20-7-2-6-13(20)21/h1,4-5,10H,2-3,6-9H2,(H,17,18). The number of nitrogens with one attached hydrogen (secondary N) is 1. The van der Waals surface area contributed by atoms with Gasteiger partial charge >= 0.3 is 0 Å². The van der Waals surface area contributed by atoms with Crippen molar-refractivity contribution in [2.75, 3.05) is 24.2 Å². The van der Waals surface area contributed by atoms with Gasteiger partial charge in [-0.1, -0.05) is 45.1 Å². The first-order valence-corrected chi connectivity index (χ1v) is 10.1. The lowest BCUT2D eigenvalue weighted by Gasteiger charge is -2.14. The number of hydrogen-bond donors (Lipinski definition) is 1. The highest BCUT2D eigenvalue weighted by atomic mass is 79.9. The maximum atomic E-state index is 11.5. The molecule has 0 atom stereocenters. The molecule has 23 heavy (non-hydrogen) atoms. The van der Waals surface area contributed by atoms with Gasteiger partial charge in [0.25, 0.3) is 0 Å². The Kier molecular flexibility index (Phi) is 5.91. The Morgan fingerprint density at radius 1 is 1.39 bits per heavy atom. The molecule has 3 rings (SSSR count). The highest BCUT2D eigenvalue weighted by molar-refractivity contribution is 9.10. The summed E-state index contributed by atoms with van der Waals surface area (Å²) in [6, 6.07) is 7.95. The molecule has 0 spiro atoms. The Hall–Kier alpha value is -1.12. The van der Waals surface area contributed by atoms with Gasteiger partial charge in [0.2, 0.25) is 11.0 Å². The van der Waals surface area contributed by atoms with Crippen LogP contribution >= 0.6 is 39.0 Å². The van der Waals surface area contributed by atoms with E-state index in [1.165, 1.54) is 0 Å². The van der Waals surface area contributed by atoms with E-state index in [-0.39, 0.29) is 0 Å². The molecular weight excluding hydrogens is 396 g/mol. The summed E-state index contributed by atoms with van der Waals surface area (Å²) in [5, 5.41) is 12.4. The lowest BCUT2D eigenvalue weighted by molar-refractivity contribution is -0.127. The number of amides is 1. The van der Waals surface area contributed by atoms with E-state index in [4.69, 9.17) is 0 Å². The number of benzene rings is 1. The van der Waals surface area contributed by atoms with E-state index in [1.54, 1.807) is 23.1 Å². The van der Waals surface area contributed by atoms with E-state index in [9.17, 15) is 4.79 Å². The van der Waals surface area contributed by atoms with Gasteiger partial charge in [0, 0.05) is 35.4 Å². The summed E-state index contributed by atoms with van der Waals surface area (Å²) < 4.78 is 1.98. The fourth-order valence-corrected chi connectivity index (χ4v) is 4.53. The predicted molar refractivity (Wildman–Crippen MR) is 98.5 cm³/mol. The first kappa shape index (κ1) is 16.7. The number of nitrogens with zero attached hydrogens (tertiary/aromatic N) is 3. The molecule has 1 aliphatic heterocycles. The summed E-state index contributed by atoms with van der Waals surface area (Å²) in [6.45, 7) is 1.77. The van der Waals surface area contributed by atoms with E-state index in [0.29, 0.717) is 12.3 Å². The van der Waals surface area contributed by atoms with Crippen molar-refractivity contribution in [2.24, 2.45) is 0 Å². The van der Waals surface area contributed by atoms with Gasteiger partial charge in [0.15, 0.2) is 4.34 Å². The Balaban J connectivity index is 1.43. The number of anilines is 2. The number of rotatable bonds is 7. The minimum Gasteiger partial charge on any atom is -0.343 e. The largest absolute Gasteiger partial charge is 0.343 e. The van der Waals surface area contributed by atoms with Gasteiger partial charge in [0.1, 0.15) is 0 Å². The Labute approximate surface area is 152 Å². The smallest absolute Gasteiger partial charge is 0.222 e. The van der Waals surface area contributed by atoms with Crippen molar-refractivity contribution in [3.05, 3.63) is 28.7 Å². The second-order valence-electron chi connectivity index (χ2n) is 5.19. The second kappa shape index (κ2) is 8.12. The lowest BCUT2D eigenvalue weighted by Crippen LogP contribution is -2.25. The predicted octanol–water partition coefficient (Wildman–Crippen LogP) is 4.15. The molecule has 1 aromatic heterocycles. The zero-order chi connectivity index (χ0) is 16.1. The molecular formula is C15H17BrN4OS2. The molecule has 8 heteroatoms. The van der Waals surface area contributed by atoms with Gasteiger partial charge in [-0.15, -0.1) is 10.2 Å². The fraction of sp³-hybridized carbons (Fsp3) is 0.400. The summed E-state index contributed by atoms with van der Waals surface area (Å²) in [5.41, 5.74) is 0.986. The molecule has 122 valence electrons. The number of likely N-dealkylation sites (tertiary alicyclic amines) is 1. The summed E-state index contributed by atoms with van der Waals surface area (Å²) >= 11 is 6.70. The van der Waals surface area contributed by atoms with Crippen LogP contribution in [0.4, 0.5) is 10.8 Å². The number of carbonyl (C=O) groups is 1. The number of carbonyl (C=O) groups excluding carboxylic acids is 1. The Morgan fingerprint density at radius 3 is 3.09 bits per heavy atom. The first-order chi connectivity index (χ1) is 11.2. The molecule has 5 nitrogen and oxygen atoms in total. The quantitative estimate of drug-likeness (QED) is 0.546. The molecule has 2 aromatic rings. The number of hydrogen-bond acceptors (Lipinski definition) is 6. The Bertz CT molecular complexity index is 679. The third kappa shape index (κ3) is 4.92. The number of thioether (sulfide) groups is 1. The summed E-state index contributed by atoms with van der Waals surface area (Å²) in [5.74, 6) is 1.25. The van der Waals surface area contributed by atoms with Crippen LogP contribution in [-0.4, -0.2) is 39.8 Å². The zero-order valence-corrected chi connectivity index (χ0v) is 15.7. The molecule has 2 heterocycles. The summed E-state index contributed by atoms with van der Waals surface area (Å²) in [4.78, 5) is 13.5. The molecule has 1 saturated heterocycles. The molecule has 0 bridgehead atoms. The molecule has 0 unspecified atom stereocenters. The van der Waals surface area contributed by atoms with Crippen LogP contribution in [0, 0.1) is 0 Å². The minimum atomic E-state index is 0.298. The molecule has 1 aliphatic rings. The van der Waals surface area contributed by atoms with Crippen LogP contribution in [0.3, 0.4) is 0 Å². The van der Waals surface area contributed by atoms with Crippen molar-refractivity contribution in [1.29, 1.82) is 0 Å². The van der Waals surface area contributed by atoms with Crippen LogP contribution in [0.5, 0.6) is 0 Å². The number of aromatic nitrogens is 2. The van der Waals surface area contributed by atoms with Crippen molar-refractivity contribution in [3.63, 3.8) is 0 Å². The highest BCUT2D eigenvalue weighted by Crippen LogP contribution is 2.28. The molecule has 1 fully saturated rings. The summed E-state index contributed by atoms with van der Waals surface area (Å²) in [6.07, 6.45) is 2.71. The topological polar surface area (TPSA) is 58.1 Å². The van der Waals surface area contributed by atoms with E-state index >= 15 is 0 Å². The average Bonchev–Trinajstić information content (AvgIpc) is 3.13. The zero-order valence-electron chi connectivity index (χ0n) is 12.5. The third-order valence-corrected chi connectivity index (χ3v) is 6.00. The minimum absolute atomic E-state index is 0.298. The summed E-state index contributed by atoms with van der Waals surface area (Å²) in [7, 11) is 0. The van der Waals surface area contributed by atoms with Crippen LogP contribution in [-0.2, 0) is 4.79 Å². The van der Waals surface area contributed by atoms with Crippen molar-refractivity contribution >= 4 is 55.8 Å². The van der Waals surface area contributed by atoms with Crippen LogP contribution in [0.2, 0.25) is 0 Å². The van der Waals surface area contributed by atoms with Crippen LogP contribution in [0.25, 0.3) is 0 Å². The van der Waals surface area contributed by atoms with Crippen molar-refractivity contribution in [2.45, 2.75) is 23.6 Å². The normalized spacial score (nSPS) is 14.5. The van der Waals surface area contributed by atoms with Crippen LogP contribution < -0.4 is 5.32 Å². The van der Waals surface area contributed by atoms with E-state index < -0.39 is 0 Å². The SMILES string of the molecule is O=C1CCCN1CCCSc1nnc(Nc2cccc(Br)c2)s1. The molecule has 1 N–H and O–H groups in total. The van der Waals surface area contributed by atoms with Gasteiger partial charge in [-0.2, -0.15) is 0 Å². The van der Waals surface area contributed by atoms with Gasteiger partial charge < -0.3 is 10.2 Å². The van der Waals surface area contributed by atoms with E-state index in [0.717, 1.165) is 51.3 Å².